The average molecular weight is 242 g/mol. The normalized spacial score (nSPS) is 14.0. The van der Waals surface area contributed by atoms with Gasteiger partial charge in [-0.25, -0.2) is 9.78 Å². The monoisotopic (exact) mass is 242 g/mol. The van der Waals surface area contributed by atoms with Crippen LogP contribution in [0, 0.1) is 0 Å². The highest BCUT2D eigenvalue weighted by molar-refractivity contribution is 5.74. The highest BCUT2D eigenvalue weighted by Gasteiger charge is 2.15. The number of aliphatic carboxylic acids is 2. The molecule has 0 unspecified atom stereocenters. The SMILES string of the molecule is C[C@H](Nn1cnc(C[C@H](N)C(=O)O)c1)C(=O)O. The Kier molecular flexibility index (Phi) is 4.05. The second kappa shape index (κ2) is 5.30. The fraction of sp³-hybridized carbons (Fsp3) is 0.444. The van der Waals surface area contributed by atoms with Crippen molar-refractivity contribution >= 4 is 11.9 Å². The molecule has 0 aliphatic carbocycles. The number of hydrogen-bond acceptors (Lipinski definition) is 5. The van der Waals surface area contributed by atoms with Crippen LogP contribution in [0.5, 0.6) is 0 Å². The van der Waals surface area contributed by atoms with Crippen LogP contribution in [0.3, 0.4) is 0 Å². The number of nitrogens with one attached hydrogen (secondary N) is 1. The first kappa shape index (κ1) is 13.0. The van der Waals surface area contributed by atoms with E-state index in [2.05, 4.69) is 10.4 Å². The number of carbonyl (C=O) groups is 2. The average Bonchev–Trinajstić information content (AvgIpc) is 2.65. The van der Waals surface area contributed by atoms with Crippen LogP contribution in [-0.2, 0) is 16.0 Å². The first-order valence-corrected chi connectivity index (χ1v) is 4.90. The molecule has 17 heavy (non-hydrogen) atoms. The second-order valence-corrected chi connectivity index (χ2v) is 3.61. The van der Waals surface area contributed by atoms with Crippen LogP contribution in [0.15, 0.2) is 12.5 Å². The maximum atomic E-state index is 10.6. The maximum Gasteiger partial charge on any atom is 0.327 e. The number of rotatable bonds is 6. The van der Waals surface area contributed by atoms with Gasteiger partial charge in [0, 0.05) is 12.6 Å². The third-order valence-corrected chi connectivity index (χ3v) is 2.10. The zero-order valence-corrected chi connectivity index (χ0v) is 9.20. The minimum atomic E-state index is -1.11. The Morgan fingerprint density at radius 1 is 1.53 bits per heavy atom. The molecule has 0 amide bonds. The lowest BCUT2D eigenvalue weighted by molar-refractivity contribution is -0.139. The molecule has 0 aromatic carbocycles. The molecule has 0 bridgehead atoms. The number of nitrogens with two attached hydrogens (primary N) is 1. The van der Waals surface area contributed by atoms with E-state index in [9.17, 15) is 9.59 Å². The first-order valence-electron chi connectivity index (χ1n) is 4.90. The van der Waals surface area contributed by atoms with Gasteiger partial charge in [-0.3, -0.25) is 9.47 Å². The van der Waals surface area contributed by atoms with E-state index in [1.54, 1.807) is 0 Å². The molecule has 0 radical (unpaired) electrons. The summed E-state index contributed by atoms with van der Waals surface area (Å²) in [4.78, 5) is 25.0. The maximum absolute atomic E-state index is 10.6. The summed E-state index contributed by atoms with van der Waals surface area (Å²) in [5, 5.41) is 17.3. The molecule has 1 aromatic heterocycles. The van der Waals surface area contributed by atoms with Crippen molar-refractivity contribution in [2.24, 2.45) is 5.73 Å². The van der Waals surface area contributed by atoms with Gasteiger partial charge >= 0.3 is 11.9 Å². The van der Waals surface area contributed by atoms with Crippen molar-refractivity contribution in [3.8, 4) is 0 Å². The Labute approximate surface area is 97.0 Å². The fourth-order valence-electron chi connectivity index (χ4n) is 1.13. The lowest BCUT2D eigenvalue weighted by Gasteiger charge is -2.10. The summed E-state index contributed by atoms with van der Waals surface area (Å²) < 4.78 is 1.36. The van der Waals surface area contributed by atoms with E-state index in [1.807, 2.05) is 0 Å². The van der Waals surface area contributed by atoms with Gasteiger partial charge in [-0.05, 0) is 6.92 Å². The van der Waals surface area contributed by atoms with Gasteiger partial charge in [0.05, 0.1) is 5.69 Å². The second-order valence-electron chi connectivity index (χ2n) is 3.61. The minimum Gasteiger partial charge on any atom is -0.480 e. The van der Waals surface area contributed by atoms with Crippen molar-refractivity contribution in [2.75, 3.05) is 5.43 Å². The molecule has 1 rings (SSSR count). The van der Waals surface area contributed by atoms with Crippen molar-refractivity contribution in [1.29, 1.82) is 0 Å². The smallest absolute Gasteiger partial charge is 0.327 e. The van der Waals surface area contributed by atoms with E-state index in [-0.39, 0.29) is 6.42 Å². The van der Waals surface area contributed by atoms with E-state index in [0.717, 1.165) is 0 Å². The van der Waals surface area contributed by atoms with Gasteiger partial charge in [0.2, 0.25) is 0 Å². The molecule has 0 saturated carbocycles. The Bertz CT molecular complexity index is 380. The molecule has 0 fully saturated rings. The molecule has 94 valence electrons. The Morgan fingerprint density at radius 2 is 2.18 bits per heavy atom. The zero-order valence-electron chi connectivity index (χ0n) is 9.20. The number of imidazole rings is 1. The summed E-state index contributed by atoms with van der Waals surface area (Å²) in [5.74, 6) is -2.10. The van der Waals surface area contributed by atoms with Crippen LogP contribution in [0.1, 0.15) is 12.6 Å². The van der Waals surface area contributed by atoms with Gasteiger partial charge in [0.25, 0.3) is 0 Å². The van der Waals surface area contributed by atoms with E-state index < -0.39 is 24.0 Å². The Morgan fingerprint density at radius 3 is 2.71 bits per heavy atom. The summed E-state index contributed by atoms with van der Waals surface area (Å²) in [6.07, 6.45) is 2.96. The Balaban J connectivity index is 2.59. The molecule has 5 N–H and O–H groups in total. The number of aromatic nitrogens is 2. The van der Waals surface area contributed by atoms with Crippen LogP contribution in [0.4, 0.5) is 0 Å². The molecule has 1 aromatic rings. The van der Waals surface area contributed by atoms with Gasteiger partial charge in [-0.2, -0.15) is 0 Å². The van der Waals surface area contributed by atoms with E-state index >= 15 is 0 Å². The molecule has 2 atom stereocenters. The third-order valence-electron chi connectivity index (χ3n) is 2.10. The molecule has 1 heterocycles. The molecule has 0 saturated heterocycles. The largest absolute Gasteiger partial charge is 0.480 e. The third kappa shape index (κ3) is 3.76. The predicted octanol–water partition coefficient (Wildman–Crippen LogP) is -1.15. The first-order chi connectivity index (χ1) is 7.90. The standard InChI is InChI=1S/C9H14N4O4/c1-5(8(14)15)12-13-3-6(11-4-13)2-7(10)9(16)17/h3-5,7,12H,2,10H2,1H3,(H,14,15)(H,16,17)/t5-,7-/m0/s1. The molecule has 0 aliphatic rings. The summed E-state index contributed by atoms with van der Waals surface area (Å²) >= 11 is 0. The van der Waals surface area contributed by atoms with Crippen molar-refractivity contribution in [2.45, 2.75) is 25.4 Å². The van der Waals surface area contributed by atoms with Crippen LogP contribution >= 0.6 is 0 Å². The molecular formula is C9H14N4O4. The van der Waals surface area contributed by atoms with Crippen molar-refractivity contribution in [3.63, 3.8) is 0 Å². The van der Waals surface area contributed by atoms with Crippen molar-refractivity contribution in [1.82, 2.24) is 9.66 Å². The highest BCUT2D eigenvalue weighted by atomic mass is 16.4. The van der Waals surface area contributed by atoms with Gasteiger partial charge in [-0.15, -0.1) is 0 Å². The van der Waals surface area contributed by atoms with Crippen LogP contribution in [0.25, 0.3) is 0 Å². The summed E-state index contributed by atoms with van der Waals surface area (Å²) in [6.45, 7) is 1.48. The van der Waals surface area contributed by atoms with Gasteiger partial charge in [0.15, 0.2) is 0 Å². The summed E-state index contributed by atoms with van der Waals surface area (Å²) in [7, 11) is 0. The highest BCUT2D eigenvalue weighted by Crippen LogP contribution is 1.99. The van der Waals surface area contributed by atoms with Crippen LogP contribution in [-0.4, -0.2) is 43.9 Å². The van der Waals surface area contributed by atoms with Gasteiger partial charge in [0.1, 0.15) is 18.4 Å². The van der Waals surface area contributed by atoms with E-state index in [0.29, 0.717) is 5.69 Å². The molecule has 8 nitrogen and oxygen atoms in total. The number of hydrogen-bond donors (Lipinski definition) is 4. The topological polar surface area (TPSA) is 130 Å². The lowest BCUT2D eigenvalue weighted by atomic mass is 10.2. The van der Waals surface area contributed by atoms with Crippen molar-refractivity contribution in [3.05, 3.63) is 18.2 Å². The van der Waals surface area contributed by atoms with Crippen LogP contribution in [0.2, 0.25) is 0 Å². The summed E-state index contributed by atoms with van der Waals surface area (Å²) in [5.41, 5.74) is 8.45. The number of carboxylic acids is 2. The van der Waals surface area contributed by atoms with E-state index in [1.165, 1.54) is 24.1 Å². The summed E-state index contributed by atoms with van der Waals surface area (Å²) in [6, 6.07) is -1.79. The minimum absolute atomic E-state index is 0.0888. The predicted molar refractivity (Wildman–Crippen MR) is 58.0 cm³/mol. The fourth-order valence-corrected chi connectivity index (χ4v) is 1.13. The van der Waals surface area contributed by atoms with E-state index in [4.69, 9.17) is 15.9 Å². The number of nitrogens with zero attached hydrogens (tertiary/aromatic N) is 2. The zero-order chi connectivity index (χ0) is 13.0. The lowest BCUT2D eigenvalue weighted by Crippen LogP contribution is -2.32. The molecule has 8 heteroatoms. The molecular weight excluding hydrogens is 228 g/mol. The van der Waals surface area contributed by atoms with Gasteiger partial charge in [-0.1, -0.05) is 0 Å². The Hall–Kier alpha value is -2.09. The van der Waals surface area contributed by atoms with Crippen LogP contribution < -0.4 is 11.2 Å². The molecule has 0 aliphatic heterocycles. The number of carboxylic acid groups (broad SMARTS) is 2. The van der Waals surface area contributed by atoms with Gasteiger partial charge < -0.3 is 21.4 Å². The van der Waals surface area contributed by atoms with Crippen molar-refractivity contribution < 1.29 is 19.8 Å². The quantitative estimate of drug-likeness (QED) is 0.495. The molecule has 0 spiro atoms.